The normalized spacial score (nSPS) is 23.1. The van der Waals surface area contributed by atoms with Gasteiger partial charge in [0.1, 0.15) is 5.82 Å². The molecule has 0 aromatic heterocycles. The minimum Gasteiger partial charge on any atom is -0.379 e. The van der Waals surface area contributed by atoms with Gasteiger partial charge in [0, 0.05) is 6.04 Å². The molecule has 1 aromatic carbocycles. The molecule has 0 aliphatic heterocycles. The van der Waals surface area contributed by atoms with Gasteiger partial charge in [0.2, 0.25) is 0 Å². The molecule has 1 N–H and O–H groups in total. The Kier molecular flexibility index (Phi) is 3.65. The van der Waals surface area contributed by atoms with Crippen molar-refractivity contribution in [2.75, 3.05) is 5.32 Å². The molecule has 2 rings (SSSR count). The lowest BCUT2D eigenvalue weighted by Gasteiger charge is -2.18. The lowest BCUT2D eigenvalue weighted by atomic mass is 10.0. The quantitative estimate of drug-likeness (QED) is 0.827. The summed E-state index contributed by atoms with van der Waals surface area (Å²) in [6.45, 7) is 0. The van der Waals surface area contributed by atoms with Crippen LogP contribution < -0.4 is 5.32 Å². The van der Waals surface area contributed by atoms with Crippen LogP contribution in [0, 0.1) is 23.1 Å². The van der Waals surface area contributed by atoms with E-state index in [0.717, 1.165) is 18.6 Å². The van der Waals surface area contributed by atoms with Gasteiger partial charge in [0.15, 0.2) is 0 Å². The third-order valence-electron chi connectivity index (χ3n) is 3.32. The average molecular weight is 272 g/mol. The van der Waals surface area contributed by atoms with E-state index in [4.69, 9.17) is 5.26 Å². The van der Waals surface area contributed by atoms with E-state index in [0.29, 0.717) is 18.9 Å². The van der Waals surface area contributed by atoms with Gasteiger partial charge in [-0.25, -0.2) is 4.39 Å². The second-order valence-electron chi connectivity index (χ2n) is 4.61. The van der Waals surface area contributed by atoms with Gasteiger partial charge in [-0.3, -0.25) is 0 Å². The summed E-state index contributed by atoms with van der Waals surface area (Å²) < 4.78 is 51.2. The molecule has 2 nitrogen and oxygen atoms in total. The zero-order valence-corrected chi connectivity index (χ0v) is 9.97. The third-order valence-corrected chi connectivity index (χ3v) is 3.32. The lowest BCUT2D eigenvalue weighted by molar-refractivity contribution is -0.137. The molecular weight excluding hydrogens is 260 g/mol. The molecular formula is C13H12F4N2. The third kappa shape index (κ3) is 2.98. The molecule has 1 aliphatic rings. The molecule has 0 radical (unpaired) electrons. The van der Waals surface area contributed by atoms with Crippen LogP contribution in [0.3, 0.4) is 0 Å². The zero-order chi connectivity index (χ0) is 14.0. The summed E-state index contributed by atoms with van der Waals surface area (Å²) in [5.41, 5.74) is -1.09. The Labute approximate surface area is 108 Å². The fraction of sp³-hybridized carbons (Fsp3) is 0.462. The van der Waals surface area contributed by atoms with Crippen LogP contribution in [0.25, 0.3) is 0 Å². The number of alkyl halides is 3. The SMILES string of the molecule is N#CC1CCCC1Nc1cc(C(F)(F)F)ccc1F. The minimum absolute atomic E-state index is 0.193. The Balaban J connectivity index is 2.23. The summed E-state index contributed by atoms with van der Waals surface area (Å²) in [4.78, 5) is 0. The van der Waals surface area contributed by atoms with Crippen molar-refractivity contribution in [2.24, 2.45) is 5.92 Å². The molecule has 0 saturated heterocycles. The zero-order valence-electron chi connectivity index (χ0n) is 9.97. The van der Waals surface area contributed by atoms with Crippen molar-refractivity contribution in [3.8, 4) is 6.07 Å². The molecule has 0 bridgehead atoms. The highest BCUT2D eigenvalue weighted by molar-refractivity contribution is 5.49. The first-order valence-electron chi connectivity index (χ1n) is 5.94. The summed E-state index contributed by atoms with van der Waals surface area (Å²) in [5, 5.41) is 11.6. The first-order chi connectivity index (χ1) is 8.91. The number of nitrogens with one attached hydrogen (secondary N) is 1. The fourth-order valence-corrected chi connectivity index (χ4v) is 2.30. The lowest BCUT2D eigenvalue weighted by Crippen LogP contribution is -2.23. The molecule has 0 amide bonds. The van der Waals surface area contributed by atoms with E-state index >= 15 is 0 Å². The number of hydrogen-bond donors (Lipinski definition) is 1. The summed E-state index contributed by atoms with van der Waals surface area (Å²) in [6.07, 6.45) is -2.34. The largest absolute Gasteiger partial charge is 0.416 e. The van der Waals surface area contributed by atoms with Gasteiger partial charge in [0.05, 0.1) is 23.2 Å². The number of halogens is 4. The summed E-state index contributed by atoms with van der Waals surface area (Å²) in [6, 6.07) is 4.05. The second-order valence-corrected chi connectivity index (χ2v) is 4.61. The Bertz CT molecular complexity index is 504. The van der Waals surface area contributed by atoms with E-state index in [1.165, 1.54) is 0 Å². The molecule has 6 heteroatoms. The number of hydrogen-bond acceptors (Lipinski definition) is 2. The van der Waals surface area contributed by atoms with E-state index < -0.39 is 17.6 Å². The summed E-state index contributed by atoms with van der Waals surface area (Å²) >= 11 is 0. The van der Waals surface area contributed by atoms with Crippen LogP contribution in [0.15, 0.2) is 18.2 Å². The number of rotatable bonds is 2. The maximum atomic E-state index is 13.5. The van der Waals surface area contributed by atoms with Gasteiger partial charge >= 0.3 is 6.18 Å². The number of anilines is 1. The molecule has 0 heterocycles. The molecule has 1 saturated carbocycles. The summed E-state index contributed by atoms with van der Waals surface area (Å²) in [5.74, 6) is -1.02. The van der Waals surface area contributed by atoms with E-state index in [-0.39, 0.29) is 17.6 Å². The highest BCUT2D eigenvalue weighted by Gasteiger charge is 2.32. The van der Waals surface area contributed by atoms with Crippen LogP contribution >= 0.6 is 0 Å². The van der Waals surface area contributed by atoms with E-state index in [1.807, 2.05) is 0 Å². The molecule has 102 valence electrons. The highest BCUT2D eigenvalue weighted by Crippen LogP contribution is 2.34. The standard InChI is InChI=1S/C13H12F4N2/c14-10-5-4-9(13(15,16)17)6-12(10)19-11-3-1-2-8(11)7-18/h4-6,8,11,19H,1-3H2. The van der Waals surface area contributed by atoms with Crippen molar-refractivity contribution >= 4 is 5.69 Å². The molecule has 1 fully saturated rings. The van der Waals surface area contributed by atoms with Crippen molar-refractivity contribution < 1.29 is 17.6 Å². The predicted molar refractivity (Wildman–Crippen MR) is 61.8 cm³/mol. The minimum atomic E-state index is -4.51. The van der Waals surface area contributed by atoms with Crippen molar-refractivity contribution in [3.63, 3.8) is 0 Å². The molecule has 1 aliphatic carbocycles. The monoisotopic (exact) mass is 272 g/mol. The Morgan fingerprint density at radius 1 is 1.26 bits per heavy atom. The molecule has 0 spiro atoms. The highest BCUT2D eigenvalue weighted by atomic mass is 19.4. The predicted octanol–water partition coefficient (Wildman–Crippen LogP) is 3.95. The smallest absolute Gasteiger partial charge is 0.379 e. The van der Waals surface area contributed by atoms with Crippen LogP contribution in [0.1, 0.15) is 24.8 Å². The maximum absolute atomic E-state index is 13.5. The molecule has 1 aromatic rings. The average Bonchev–Trinajstić information content (AvgIpc) is 2.77. The van der Waals surface area contributed by atoms with Crippen LogP contribution in [-0.4, -0.2) is 6.04 Å². The number of nitrogens with zero attached hydrogens (tertiary/aromatic N) is 1. The van der Waals surface area contributed by atoms with Crippen molar-refractivity contribution in [1.29, 1.82) is 5.26 Å². The van der Waals surface area contributed by atoms with Crippen molar-refractivity contribution in [3.05, 3.63) is 29.6 Å². The fourth-order valence-electron chi connectivity index (χ4n) is 2.30. The summed E-state index contributed by atoms with van der Waals surface area (Å²) in [7, 11) is 0. The van der Waals surface area contributed by atoms with Gasteiger partial charge in [-0.1, -0.05) is 0 Å². The molecule has 19 heavy (non-hydrogen) atoms. The van der Waals surface area contributed by atoms with Gasteiger partial charge in [-0.15, -0.1) is 0 Å². The van der Waals surface area contributed by atoms with Gasteiger partial charge in [-0.05, 0) is 37.5 Å². The number of benzene rings is 1. The number of nitriles is 1. The molecule has 2 atom stereocenters. The first kappa shape index (κ1) is 13.7. The Hall–Kier alpha value is -1.77. The van der Waals surface area contributed by atoms with E-state index in [1.54, 1.807) is 0 Å². The van der Waals surface area contributed by atoms with E-state index in [2.05, 4.69) is 11.4 Å². The molecule has 2 unspecified atom stereocenters. The van der Waals surface area contributed by atoms with Crippen molar-refractivity contribution in [1.82, 2.24) is 0 Å². The van der Waals surface area contributed by atoms with Crippen LogP contribution in [0.5, 0.6) is 0 Å². The van der Waals surface area contributed by atoms with Gasteiger partial charge in [-0.2, -0.15) is 18.4 Å². The van der Waals surface area contributed by atoms with E-state index in [9.17, 15) is 17.6 Å². The Morgan fingerprint density at radius 3 is 2.63 bits per heavy atom. The second kappa shape index (κ2) is 5.08. The van der Waals surface area contributed by atoms with Crippen LogP contribution in [0.4, 0.5) is 23.2 Å². The topological polar surface area (TPSA) is 35.8 Å². The van der Waals surface area contributed by atoms with Gasteiger partial charge in [0.25, 0.3) is 0 Å². The Morgan fingerprint density at radius 2 is 2.00 bits per heavy atom. The first-order valence-corrected chi connectivity index (χ1v) is 5.94. The van der Waals surface area contributed by atoms with Crippen molar-refractivity contribution in [2.45, 2.75) is 31.5 Å². The maximum Gasteiger partial charge on any atom is 0.416 e. The van der Waals surface area contributed by atoms with Crippen LogP contribution in [-0.2, 0) is 6.18 Å². The van der Waals surface area contributed by atoms with Crippen LogP contribution in [0.2, 0.25) is 0 Å². The van der Waals surface area contributed by atoms with Gasteiger partial charge < -0.3 is 5.32 Å².